The topological polar surface area (TPSA) is 20.2 Å². The molecule has 0 saturated heterocycles. The summed E-state index contributed by atoms with van der Waals surface area (Å²) in [6.45, 7) is 0. The predicted molar refractivity (Wildman–Crippen MR) is 58.3 cm³/mol. The van der Waals surface area contributed by atoms with Crippen molar-refractivity contribution >= 4 is 0 Å². The molecule has 1 aromatic rings. The van der Waals surface area contributed by atoms with Gasteiger partial charge in [-0.1, -0.05) is 31.0 Å². The minimum absolute atomic E-state index is 0.00505. The summed E-state index contributed by atoms with van der Waals surface area (Å²) in [7, 11) is 0. The van der Waals surface area contributed by atoms with E-state index in [1.165, 1.54) is 12.1 Å². The minimum atomic E-state index is -2.46. The number of hydrogen-bond donors (Lipinski definition) is 1. The predicted octanol–water partition coefficient (Wildman–Crippen LogP) is 3.85. The third-order valence-corrected chi connectivity index (χ3v) is 3.35. The van der Waals surface area contributed by atoms with Crippen LogP contribution in [0.1, 0.15) is 49.3 Å². The monoisotopic (exact) mass is 226 g/mol. The maximum absolute atomic E-state index is 12.5. The van der Waals surface area contributed by atoms with Crippen LogP contribution in [0, 0.1) is 5.92 Å². The van der Waals surface area contributed by atoms with E-state index in [9.17, 15) is 13.9 Å². The average Bonchev–Trinajstić information content (AvgIpc) is 2.81. The molecule has 0 spiro atoms. The summed E-state index contributed by atoms with van der Waals surface area (Å²) in [5, 5.41) is 10.1. The Balaban J connectivity index is 2.15. The maximum atomic E-state index is 12.5. The van der Waals surface area contributed by atoms with Gasteiger partial charge in [0.05, 0.1) is 6.10 Å². The molecule has 2 rings (SSSR count). The molecule has 0 heterocycles. The first-order chi connectivity index (χ1) is 7.68. The Kier molecular flexibility index (Phi) is 3.54. The van der Waals surface area contributed by atoms with Crippen molar-refractivity contribution in [2.24, 2.45) is 5.92 Å². The van der Waals surface area contributed by atoms with E-state index < -0.39 is 12.5 Å². The summed E-state index contributed by atoms with van der Waals surface area (Å²) in [6.07, 6.45) is 1.23. The van der Waals surface area contributed by atoms with Crippen LogP contribution >= 0.6 is 0 Å². The summed E-state index contributed by atoms with van der Waals surface area (Å²) in [6, 6.07) is 6.15. The Hall–Kier alpha value is -0.960. The summed E-state index contributed by atoms with van der Waals surface area (Å²) < 4.78 is 25.0. The van der Waals surface area contributed by atoms with Gasteiger partial charge in [-0.25, -0.2) is 8.78 Å². The van der Waals surface area contributed by atoms with Crippen LogP contribution in [0.3, 0.4) is 0 Å². The Labute approximate surface area is 94.1 Å². The fraction of sp³-hybridized carbons (Fsp3) is 0.538. The van der Waals surface area contributed by atoms with E-state index in [-0.39, 0.29) is 11.5 Å². The van der Waals surface area contributed by atoms with Crippen molar-refractivity contribution in [3.63, 3.8) is 0 Å². The van der Waals surface area contributed by atoms with E-state index in [0.29, 0.717) is 5.56 Å². The molecule has 1 unspecified atom stereocenters. The molecule has 0 bridgehead atoms. The first kappa shape index (κ1) is 11.5. The molecule has 3 heteroatoms. The molecule has 1 aliphatic carbocycles. The van der Waals surface area contributed by atoms with Crippen molar-refractivity contribution in [1.82, 2.24) is 0 Å². The highest BCUT2D eigenvalue weighted by molar-refractivity contribution is 5.26. The lowest BCUT2D eigenvalue weighted by Gasteiger charge is -2.18. The molecule has 0 aliphatic heterocycles. The van der Waals surface area contributed by atoms with Gasteiger partial charge in [0.15, 0.2) is 0 Å². The average molecular weight is 226 g/mol. The Bertz CT molecular complexity index is 346. The molecule has 1 aromatic carbocycles. The van der Waals surface area contributed by atoms with Gasteiger partial charge in [-0.05, 0) is 30.4 Å². The van der Waals surface area contributed by atoms with Gasteiger partial charge < -0.3 is 5.11 Å². The lowest BCUT2D eigenvalue weighted by atomic mass is 9.93. The van der Waals surface area contributed by atoms with Crippen LogP contribution in [0.2, 0.25) is 0 Å². The van der Waals surface area contributed by atoms with Gasteiger partial charge in [0.2, 0.25) is 0 Å². The van der Waals surface area contributed by atoms with E-state index in [0.717, 1.165) is 25.7 Å². The summed E-state index contributed by atoms with van der Waals surface area (Å²) in [5.74, 6) is 0.243. The first-order valence-electron chi connectivity index (χ1n) is 5.74. The molecule has 16 heavy (non-hydrogen) atoms. The van der Waals surface area contributed by atoms with E-state index in [2.05, 4.69) is 0 Å². The Morgan fingerprint density at radius 1 is 1.12 bits per heavy atom. The molecule has 1 fully saturated rings. The van der Waals surface area contributed by atoms with Crippen molar-refractivity contribution in [2.45, 2.75) is 38.2 Å². The van der Waals surface area contributed by atoms with Crippen molar-refractivity contribution in [1.29, 1.82) is 0 Å². The fourth-order valence-electron chi connectivity index (χ4n) is 2.42. The van der Waals surface area contributed by atoms with E-state index >= 15 is 0 Å². The Morgan fingerprint density at radius 2 is 1.75 bits per heavy atom. The van der Waals surface area contributed by atoms with Crippen LogP contribution in [0.15, 0.2) is 24.3 Å². The summed E-state index contributed by atoms with van der Waals surface area (Å²) in [5.41, 5.74) is 0.624. The van der Waals surface area contributed by atoms with Gasteiger partial charge in [-0.3, -0.25) is 0 Å². The zero-order valence-electron chi connectivity index (χ0n) is 9.07. The molecular weight excluding hydrogens is 210 g/mol. The molecule has 0 radical (unpaired) electrons. The number of aliphatic hydroxyl groups is 1. The quantitative estimate of drug-likeness (QED) is 0.830. The molecular formula is C13H16F2O. The molecule has 1 saturated carbocycles. The number of aliphatic hydroxyl groups excluding tert-OH is 1. The SMILES string of the molecule is OC(c1cccc(C(F)F)c1)C1CCCC1. The smallest absolute Gasteiger partial charge is 0.263 e. The fourth-order valence-corrected chi connectivity index (χ4v) is 2.42. The van der Waals surface area contributed by atoms with Gasteiger partial charge in [0.25, 0.3) is 6.43 Å². The summed E-state index contributed by atoms with van der Waals surface area (Å²) in [4.78, 5) is 0. The zero-order chi connectivity index (χ0) is 11.5. The van der Waals surface area contributed by atoms with E-state index in [1.807, 2.05) is 0 Å². The van der Waals surface area contributed by atoms with Crippen molar-refractivity contribution in [3.05, 3.63) is 35.4 Å². The van der Waals surface area contributed by atoms with Gasteiger partial charge in [0, 0.05) is 5.56 Å². The highest BCUT2D eigenvalue weighted by atomic mass is 19.3. The largest absolute Gasteiger partial charge is 0.388 e. The van der Waals surface area contributed by atoms with Gasteiger partial charge in [-0.2, -0.15) is 0 Å². The normalized spacial score (nSPS) is 19.2. The van der Waals surface area contributed by atoms with Gasteiger partial charge in [-0.15, -0.1) is 0 Å². The van der Waals surface area contributed by atoms with E-state index in [1.54, 1.807) is 12.1 Å². The third-order valence-electron chi connectivity index (χ3n) is 3.35. The lowest BCUT2D eigenvalue weighted by molar-refractivity contribution is 0.110. The maximum Gasteiger partial charge on any atom is 0.263 e. The molecule has 0 amide bonds. The molecule has 1 N–H and O–H groups in total. The molecule has 0 aromatic heterocycles. The van der Waals surface area contributed by atoms with Crippen molar-refractivity contribution in [2.75, 3.05) is 0 Å². The van der Waals surface area contributed by atoms with Gasteiger partial charge >= 0.3 is 0 Å². The van der Waals surface area contributed by atoms with Crippen LogP contribution in [-0.4, -0.2) is 5.11 Å². The van der Waals surface area contributed by atoms with E-state index in [4.69, 9.17) is 0 Å². The second kappa shape index (κ2) is 4.91. The van der Waals surface area contributed by atoms with Crippen LogP contribution in [0.25, 0.3) is 0 Å². The van der Waals surface area contributed by atoms with Crippen molar-refractivity contribution < 1.29 is 13.9 Å². The first-order valence-corrected chi connectivity index (χ1v) is 5.74. The second-order valence-electron chi connectivity index (χ2n) is 4.46. The minimum Gasteiger partial charge on any atom is -0.388 e. The lowest BCUT2D eigenvalue weighted by Crippen LogP contribution is -2.09. The Morgan fingerprint density at radius 3 is 2.38 bits per heavy atom. The second-order valence-corrected chi connectivity index (χ2v) is 4.46. The number of halogens is 2. The number of alkyl halides is 2. The number of rotatable bonds is 3. The molecule has 1 atom stereocenters. The van der Waals surface area contributed by atoms with Crippen molar-refractivity contribution in [3.8, 4) is 0 Å². The van der Waals surface area contributed by atoms with Crippen LogP contribution in [-0.2, 0) is 0 Å². The van der Waals surface area contributed by atoms with Gasteiger partial charge in [0.1, 0.15) is 0 Å². The highest BCUT2D eigenvalue weighted by Crippen LogP contribution is 2.36. The molecule has 88 valence electrons. The van der Waals surface area contributed by atoms with Crippen LogP contribution < -0.4 is 0 Å². The van der Waals surface area contributed by atoms with Crippen LogP contribution in [0.4, 0.5) is 8.78 Å². The highest BCUT2D eigenvalue weighted by Gasteiger charge is 2.24. The molecule has 1 aliphatic rings. The number of benzene rings is 1. The molecule has 1 nitrogen and oxygen atoms in total. The summed E-state index contributed by atoms with van der Waals surface area (Å²) >= 11 is 0. The number of hydrogen-bond acceptors (Lipinski definition) is 1. The standard InChI is InChI=1S/C13H16F2O/c14-13(15)11-7-3-6-10(8-11)12(16)9-4-1-2-5-9/h3,6-9,12-13,16H,1-2,4-5H2. The third kappa shape index (κ3) is 2.40. The van der Waals surface area contributed by atoms with Crippen LogP contribution in [0.5, 0.6) is 0 Å². The zero-order valence-corrected chi connectivity index (χ0v) is 9.07.